The predicted octanol–water partition coefficient (Wildman–Crippen LogP) is 1.55. The van der Waals surface area contributed by atoms with E-state index in [1.807, 2.05) is 0 Å². The molecule has 0 amide bonds. The third-order valence-corrected chi connectivity index (χ3v) is 5.53. The zero-order valence-corrected chi connectivity index (χ0v) is 8.79. The van der Waals surface area contributed by atoms with Crippen molar-refractivity contribution >= 4 is 10.1 Å². The van der Waals surface area contributed by atoms with Crippen molar-refractivity contribution in [2.24, 2.45) is 23.7 Å². The van der Waals surface area contributed by atoms with Gasteiger partial charge in [0.15, 0.2) is 0 Å². The molecule has 0 aromatic heterocycles. The minimum atomic E-state index is -3.79. The summed E-state index contributed by atoms with van der Waals surface area (Å²) in [4.78, 5) is 0. The molecule has 2 fully saturated rings. The summed E-state index contributed by atoms with van der Waals surface area (Å²) in [5.74, 6) is 1.80. The molecule has 5 atom stereocenters. The first kappa shape index (κ1) is 9.46. The van der Waals surface area contributed by atoms with E-state index in [1.54, 1.807) is 0 Å². The molecule has 76 valence electrons. The molecule has 2 rings (SSSR count). The van der Waals surface area contributed by atoms with Gasteiger partial charge in [-0.05, 0) is 36.5 Å². The highest BCUT2D eigenvalue weighted by atomic mass is 32.2. The third kappa shape index (κ3) is 1.31. The van der Waals surface area contributed by atoms with Crippen molar-refractivity contribution in [2.45, 2.75) is 31.9 Å². The first-order valence-electron chi connectivity index (χ1n) is 4.87. The summed E-state index contributed by atoms with van der Waals surface area (Å²) < 4.78 is 31.1. The summed E-state index contributed by atoms with van der Waals surface area (Å²) in [5, 5.41) is -0.469. The van der Waals surface area contributed by atoms with Gasteiger partial charge in [-0.15, -0.1) is 0 Å². The van der Waals surface area contributed by atoms with Crippen molar-refractivity contribution in [1.82, 2.24) is 0 Å². The van der Waals surface area contributed by atoms with E-state index >= 15 is 0 Å². The monoisotopic (exact) mass is 204 g/mol. The number of hydrogen-bond acceptors (Lipinski definition) is 2. The molecule has 1 N–H and O–H groups in total. The van der Waals surface area contributed by atoms with Crippen molar-refractivity contribution < 1.29 is 13.0 Å². The van der Waals surface area contributed by atoms with Crippen LogP contribution in [-0.4, -0.2) is 18.2 Å². The molecule has 5 unspecified atom stereocenters. The van der Waals surface area contributed by atoms with E-state index in [1.165, 1.54) is 0 Å². The lowest BCUT2D eigenvalue weighted by molar-refractivity contribution is 0.254. The Bertz CT molecular complexity index is 307. The molecule has 0 heterocycles. The molecule has 0 aliphatic heterocycles. The largest absolute Gasteiger partial charge is 0.285 e. The zero-order chi connectivity index (χ0) is 9.80. The van der Waals surface area contributed by atoms with Gasteiger partial charge in [0.25, 0.3) is 10.1 Å². The number of hydrogen-bond donors (Lipinski definition) is 1. The fourth-order valence-electron chi connectivity index (χ4n) is 3.22. The average molecular weight is 204 g/mol. The molecule has 4 heteroatoms. The van der Waals surface area contributed by atoms with Gasteiger partial charge in [-0.25, -0.2) is 0 Å². The van der Waals surface area contributed by atoms with Crippen LogP contribution in [-0.2, 0) is 10.1 Å². The van der Waals surface area contributed by atoms with Gasteiger partial charge in [0, 0.05) is 0 Å². The molecule has 13 heavy (non-hydrogen) atoms. The summed E-state index contributed by atoms with van der Waals surface area (Å²) in [7, 11) is -3.79. The molecule has 0 radical (unpaired) electrons. The number of rotatable bonds is 1. The lowest BCUT2D eigenvalue weighted by atomic mass is 9.81. The van der Waals surface area contributed by atoms with Crippen molar-refractivity contribution in [1.29, 1.82) is 0 Å². The molecular formula is C9H16O3S. The minimum absolute atomic E-state index is 0.204. The van der Waals surface area contributed by atoms with Crippen LogP contribution in [0.25, 0.3) is 0 Å². The van der Waals surface area contributed by atoms with Crippen LogP contribution in [0.15, 0.2) is 0 Å². The van der Waals surface area contributed by atoms with E-state index in [2.05, 4.69) is 13.8 Å². The van der Waals surface area contributed by atoms with E-state index in [9.17, 15) is 8.42 Å². The quantitative estimate of drug-likeness (QED) is 0.659. The molecule has 2 aliphatic carbocycles. The van der Waals surface area contributed by atoms with E-state index in [0.717, 1.165) is 6.42 Å². The Labute approximate surface area is 79.3 Å². The smallest absolute Gasteiger partial charge is 0.268 e. The van der Waals surface area contributed by atoms with Crippen LogP contribution in [0.5, 0.6) is 0 Å². The number of fused-ring (bicyclic) bond motifs is 2. The summed E-state index contributed by atoms with van der Waals surface area (Å²) in [6, 6.07) is 0. The highest BCUT2D eigenvalue weighted by Crippen LogP contribution is 2.53. The molecule has 0 aromatic rings. The Morgan fingerprint density at radius 2 is 1.77 bits per heavy atom. The third-order valence-electron chi connectivity index (χ3n) is 4.22. The predicted molar refractivity (Wildman–Crippen MR) is 49.9 cm³/mol. The van der Waals surface area contributed by atoms with Crippen LogP contribution < -0.4 is 0 Å². The van der Waals surface area contributed by atoms with Crippen molar-refractivity contribution in [2.75, 3.05) is 0 Å². The van der Waals surface area contributed by atoms with E-state index < -0.39 is 15.4 Å². The van der Waals surface area contributed by atoms with E-state index in [-0.39, 0.29) is 5.92 Å². The average Bonchev–Trinajstić information content (AvgIpc) is 2.51. The maximum absolute atomic E-state index is 11.0. The second-order valence-corrected chi connectivity index (χ2v) is 6.30. The van der Waals surface area contributed by atoms with Crippen LogP contribution >= 0.6 is 0 Å². The summed E-state index contributed by atoms with van der Waals surface area (Å²) in [6.07, 6.45) is 1.67. The molecule has 2 saturated carbocycles. The lowest BCUT2D eigenvalue weighted by Crippen LogP contribution is -2.33. The van der Waals surface area contributed by atoms with Gasteiger partial charge in [-0.2, -0.15) is 8.42 Å². The topological polar surface area (TPSA) is 54.4 Å². The van der Waals surface area contributed by atoms with E-state index in [4.69, 9.17) is 4.55 Å². The van der Waals surface area contributed by atoms with Crippen molar-refractivity contribution in [3.8, 4) is 0 Å². The highest BCUT2D eigenvalue weighted by Gasteiger charge is 2.52. The molecule has 0 spiro atoms. The SMILES string of the molecule is CC1C2CC(C1C)C(S(=O)(=O)O)C2. The fraction of sp³-hybridized carbons (Fsp3) is 1.00. The van der Waals surface area contributed by atoms with Gasteiger partial charge in [-0.1, -0.05) is 13.8 Å². The summed E-state index contributed by atoms with van der Waals surface area (Å²) >= 11 is 0. The summed E-state index contributed by atoms with van der Waals surface area (Å²) in [5.41, 5.74) is 0. The van der Waals surface area contributed by atoms with Crippen LogP contribution in [0.1, 0.15) is 26.7 Å². The van der Waals surface area contributed by atoms with Crippen molar-refractivity contribution in [3.63, 3.8) is 0 Å². The van der Waals surface area contributed by atoms with Crippen LogP contribution in [0, 0.1) is 23.7 Å². The second-order valence-electron chi connectivity index (χ2n) is 4.67. The van der Waals surface area contributed by atoms with Gasteiger partial charge in [0.05, 0.1) is 5.25 Å². The van der Waals surface area contributed by atoms with Gasteiger partial charge >= 0.3 is 0 Å². The molecule has 2 aliphatic rings. The highest BCUT2D eigenvalue weighted by molar-refractivity contribution is 7.86. The maximum Gasteiger partial charge on any atom is 0.268 e. The Morgan fingerprint density at radius 1 is 1.15 bits per heavy atom. The zero-order valence-electron chi connectivity index (χ0n) is 7.97. The first-order valence-corrected chi connectivity index (χ1v) is 6.38. The molecular weight excluding hydrogens is 188 g/mol. The Balaban J connectivity index is 2.24. The van der Waals surface area contributed by atoms with Crippen LogP contribution in [0.2, 0.25) is 0 Å². The second kappa shape index (κ2) is 2.70. The Morgan fingerprint density at radius 3 is 2.15 bits per heavy atom. The normalized spacial score (nSPS) is 49.9. The summed E-state index contributed by atoms with van der Waals surface area (Å²) in [6.45, 7) is 4.29. The lowest BCUT2D eigenvalue weighted by Gasteiger charge is -2.29. The Hall–Kier alpha value is -0.0900. The minimum Gasteiger partial charge on any atom is -0.285 e. The molecule has 0 aromatic carbocycles. The van der Waals surface area contributed by atoms with Crippen LogP contribution in [0.4, 0.5) is 0 Å². The van der Waals surface area contributed by atoms with Crippen molar-refractivity contribution in [3.05, 3.63) is 0 Å². The molecule has 2 bridgehead atoms. The molecule has 0 saturated heterocycles. The van der Waals surface area contributed by atoms with Gasteiger partial charge < -0.3 is 0 Å². The van der Waals surface area contributed by atoms with Crippen LogP contribution in [0.3, 0.4) is 0 Å². The van der Waals surface area contributed by atoms with E-state index in [0.29, 0.717) is 24.2 Å². The van der Waals surface area contributed by atoms with Gasteiger partial charge in [0.2, 0.25) is 0 Å². The standard InChI is InChI=1S/C9H16O3S/c1-5-6(2)8-3-7(5)4-9(8)13(10,11)12/h5-9H,3-4H2,1-2H3,(H,10,11,12). The van der Waals surface area contributed by atoms with Gasteiger partial charge in [-0.3, -0.25) is 4.55 Å². The first-order chi connectivity index (χ1) is 5.91. The van der Waals surface area contributed by atoms with Gasteiger partial charge in [0.1, 0.15) is 0 Å². The fourth-order valence-corrected chi connectivity index (χ4v) is 4.51. The Kier molecular flexibility index (Phi) is 1.97. The molecule has 3 nitrogen and oxygen atoms in total. The maximum atomic E-state index is 11.0.